The van der Waals surface area contributed by atoms with Crippen LogP contribution >= 0.6 is 0 Å². The summed E-state index contributed by atoms with van der Waals surface area (Å²) >= 11 is 0. The Balaban J connectivity index is 0. The first-order chi connectivity index (χ1) is 3.12. The van der Waals surface area contributed by atoms with E-state index < -0.39 is 0 Å². The van der Waals surface area contributed by atoms with Crippen LogP contribution in [0, 0.1) is 0 Å². The molecule has 3 nitrogen and oxygen atoms in total. The predicted octanol–water partition coefficient (Wildman–Crippen LogP) is -0.455. The second-order valence-corrected chi connectivity index (χ2v) is 2.17. The van der Waals surface area contributed by atoms with Gasteiger partial charge in [-0.3, -0.25) is 0 Å². The molecule has 0 unspecified atom stereocenters. The maximum absolute atomic E-state index is 5.29. The summed E-state index contributed by atoms with van der Waals surface area (Å²) < 4.78 is 4.96. The highest BCUT2D eigenvalue weighted by Gasteiger charge is 2.11. The van der Waals surface area contributed by atoms with Gasteiger partial charge in [-0.25, -0.2) is 0 Å². The molecule has 0 heterocycles. The van der Waals surface area contributed by atoms with Gasteiger partial charge in [0.25, 0.3) is 0 Å². The summed E-state index contributed by atoms with van der Waals surface area (Å²) in [5.74, 6) is 0. The molecule has 3 heteroatoms. The van der Waals surface area contributed by atoms with E-state index in [1.807, 2.05) is 13.8 Å². The number of methoxy groups -OCH3 is 1. The van der Waals surface area contributed by atoms with E-state index >= 15 is 0 Å². The van der Waals surface area contributed by atoms with Crippen LogP contribution in [0.2, 0.25) is 0 Å². The van der Waals surface area contributed by atoms with Crippen molar-refractivity contribution in [3.63, 3.8) is 0 Å². The van der Waals surface area contributed by atoms with Crippen LogP contribution in [-0.4, -0.2) is 24.7 Å². The summed E-state index contributed by atoms with van der Waals surface area (Å²) in [6.07, 6.45) is 0. The van der Waals surface area contributed by atoms with Crippen molar-refractivity contribution in [3.8, 4) is 0 Å². The van der Waals surface area contributed by atoms with Gasteiger partial charge in [0, 0.05) is 13.7 Å². The normalized spacial score (nSPS) is 10.5. The number of ether oxygens (including phenoxy) is 1. The highest BCUT2D eigenvalue weighted by molar-refractivity contribution is 4.66. The Morgan fingerprint density at radius 2 is 1.88 bits per heavy atom. The zero-order valence-electron chi connectivity index (χ0n) is 5.69. The molecule has 0 aromatic heterocycles. The van der Waals surface area contributed by atoms with E-state index in [9.17, 15) is 0 Å². The molecular weight excluding hydrogens is 106 g/mol. The topological polar surface area (TPSA) is 66.8 Å². The fourth-order valence-corrected chi connectivity index (χ4v) is 0.0833. The lowest BCUT2D eigenvalue weighted by Gasteiger charge is -2.19. The third-order valence-electron chi connectivity index (χ3n) is 1.04. The summed E-state index contributed by atoms with van der Waals surface area (Å²) in [7, 11) is 1.66. The van der Waals surface area contributed by atoms with E-state index in [1.165, 1.54) is 0 Å². The lowest BCUT2D eigenvalue weighted by Crippen LogP contribution is -2.32. The Labute approximate surface area is 50.1 Å². The molecule has 0 aliphatic heterocycles. The van der Waals surface area contributed by atoms with Gasteiger partial charge in [-0.05, 0) is 13.8 Å². The molecule has 0 spiro atoms. The Bertz CT molecular complexity index is 48.4. The predicted molar refractivity (Wildman–Crippen MR) is 33.8 cm³/mol. The first-order valence-electron chi connectivity index (χ1n) is 2.37. The molecule has 0 amide bonds. The molecule has 4 N–H and O–H groups in total. The van der Waals surface area contributed by atoms with Gasteiger partial charge in [0.2, 0.25) is 0 Å². The summed E-state index contributed by atoms with van der Waals surface area (Å²) in [5, 5.41) is 0. The van der Waals surface area contributed by atoms with Crippen LogP contribution in [0.4, 0.5) is 0 Å². The second-order valence-electron chi connectivity index (χ2n) is 2.17. The second kappa shape index (κ2) is 3.83. The summed E-state index contributed by atoms with van der Waals surface area (Å²) in [5.41, 5.74) is 5.15. The molecule has 0 aliphatic rings. The van der Waals surface area contributed by atoms with Crippen LogP contribution in [0.15, 0.2) is 0 Å². The van der Waals surface area contributed by atoms with Gasteiger partial charge in [-0.2, -0.15) is 0 Å². The van der Waals surface area contributed by atoms with Crippen molar-refractivity contribution in [1.82, 2.24) is 0 Å². The molecule has 0 fully saturated rings. The monoisotopic (exact) mass is 121 g/mol. The maximum atomic E-state index is 5.29. The first-order valence-corrected chi connectivity index (χ1v) is 2.37. The molecule has 0 aliphatic carbocycles. The van der Waals surface area contributed by atoms with Gasteiger partial charge < -0.3 is 15.9 Å². The summed E-state index contributed by atoms with van der Waals surface area (Å²) in [6.45, 7) is 4.48. The molecule has 0 bridgehead atoms. The Hall–Kier alpha value is -0.120. The fraction of sp³-hybridized carbons (Fsp3) is 1.00. The molecule has 52 valence electrons. The minimum absolute atomic E-state index is 0. The molecule has 0 aromatic carbocycles. The largest absolute Gasteiger partial charge is 0.412 e. The van der Waals surface area contributed by atoms with E-state index in [2.05, 4.69) is 0 Å². The van der Waals surface area contributed by atoms with Crippen LogP contribution < -0.4 is 5.73 Å². The average molecular weight is 121 g/mol. The van der Waals surface area contributed by atoms with Crippen molar-refractivity contribution in [3.05, 3.63) is 0 Å². The Morgan fingerprint density at radius 1 is 1.50 bits per heavy atom. The molecule has 0 atom stereocenters. The summed E-state index contributed by atoms with van der Waals surface area (Å²) in [4.78, 5) is 0. The smallest absolute Gasteiger partial charge is 0.0744 e. The highest BCUT2D eigenvalue weighted by Crippen LogP contribution is 2.01. The zero-order valence-corrected chi connectivity index (χ0v) is 5.69. The van der Waals surface area contributed by atoms with Gasteiger partial charge in [-0.15, -0.1) is 0 Å². The van der Waals surface area contributed by atoms with E-state index in [0.29, 0.717) is 6.54 Å². The molecule has 0 rings (SSSR count). The van der Waals surface area contributed by atoms with Gasteiger partial charge in [0.05, 0.1) is 5.60 Å². The molecule has 0 radical (unpaired) electrons. The lowest BCUT2D eigenvalue weighted by atomic mass is 10.1. The van der Waals surface area contributed by atoms with E-state index in [4.69, 9.17) is 10.5 Å². The molecule has 0 aromatic rings. The number of rotatable bonds is 2. The van der Waals surface area contributed by atoms with Crippen molar-refractivity contribution < 1.29 is 10.2 Å². The molecule has 8 heavy (non-hydrogen) atoms. The van der Waals surface area contributed by atoms with Crippen molar-refractivity contribution in [1.29, 1.82) is 0 Å². The Kier molecular flexibility index (Phi) is 5.17. The van der Waals surface area contributed by atoms with Crippen LogP contribution in [0.5, 0.6) is 0 Å². The van der Waals surface area contributed by atoms with Gasteiger partial charge in [0.1, 0.15) is 0 Å². The van der Waals surface area contributed by atoms with Crippen LogP contribution in [0.25, 0.3) is 0 Å². The van der Waals surface area contributed by atoms with E-state index in [0.717, 1.165) is 0 Å². The van der Waals surface area contributed by atoms with Crippen LogP contribution in [0.1, 0.15) is 13.8 Å². The highest BCUT2D eigenvalue weighted by atomic mass is 16.5. The first kappa shape index (κ1) is 10.8. The average Bonchev–Trinajstić information content (AvgIpc) is 1.68. The SMILES string of the molecule is COC(C)(C)CN.O. The third kappa shape index (κ3) is 4.05. The van der Waals surface area contributed by atoms with E-state index in [-0.39, 0.29) is 11.1 Å². The van der Waals surface area contributed by atoms with Gasteiger partial charge >= 0.3 is 0 Å². The van der Waals surface area contributed by atoms with Gasteiger partial charge in [-0.1, -0.05) is 0 Å². The lowest BCUT2D eigenvalue weighted by molar-refractivity contribution is 0.0307. The maximum Gasteiger partial charge on any atom is 0.0744 e. The van der Waals surface area contributed by atoms with Crippen molar-refractivity contribution in [2.45, 2.75) is 19.4 Å². The number of hydrogen-bond acceptors (Lipinski definition) is 2. The summed E-state index contributed by atoms with van der Waals surface area (Å²) in [6, 6.07) is 0. The Morgan fingerprint density at radius 3 is 1.88 bits per heavy atom. The fourth-order valence-electron chi connectivity index (χ4n) is 0.0833. The zero-order chi connectivity index (χ0) is 5.91. The standard InChI is InChI=1S/C5H13NO.H2O/c1-5(2,4-6)7-3;/h4,6H2,1-3H3;1H2. The number of hydrogen-bond donors (Lipinski definition) is 1. The van der Waals surface area contributed by atoms with Crippen LogP contribution in [-0.2, 0) is 4.74 Å². The molecular formula is C5H15NO2. The van der Waals surface area contributed by atoms with Crippen molar-refractivity contribution >= 4 is 0 Å². The quantitative estimate of drug-likeness (QED) is 0.537. The third-order valence-corrected chi connectivity index (χ3v) is 1.04. The minimum Gasteiger partial charge on any atom is -0.412 e. The number of nitrogens with two attached hydrogens (primary N) is 1. The molecule has 0 saturated carbocycles. The van der Waals surface area contributed by atoms with Crippen molar-refractivity contribution in [2.24, 2.45) is 5.73 Å². The molecule has 0 saturated heterocycles. The van der Waals surface area contributed by atoms with Gasteiger partial charge in [0.15, 0.2) is 0 Å². The van der Waals surface area contributed by atoms with E-state index in [1.54, 1.807) is 7.11 Å². The van der Waals surface area contributed by atoms with Crippen LogP contribution in [0.3, 0.4) is 0 Å². The minimum atomic E-state index is -0.139. The van der Waals surface area contributed by atoms with Crippen molar-refractivity contribution in [2.75, 3.05) is 13.7 Å².